The second-order valence-electron chi connectivity index (χ2n) is 4.79. The lowest BCUT2D eigenvalue weighted by atomic mass is 10.2. The minimum Gasteiger partial charge on any atom is -0.480 e. The van der Waals surface area contributed by atoms with E-state index in [2.05, 4.69) is 12.2 Å². The van der Waals surface area contributed by atoms with Gasteiger partial charge >= 0.3 is 12.0 Å². The molecule has 2 amide bonds. The molecular weight excluding hydrogens is 296 g/mol. The van der Waals surface area contributed by atoms with Gasteiger partial charge in [0.05, 0.1) is 5.37 Å². The van der Waals surface area contributed by atoms with Gasteiger partial charge in [-0.2, -0.15) is 11.8 Å². The molecule has 1 heterocycles. The first-order chi connectivity index (χ1) is 9.51. The Kier molecular flexibility index (Phi) is 7.58. The number of rotatable bonds is 7. The molecule has 0 aromatic rings. The van der Waals surface area contributed by atoms with E-state index in [9.17, 15) is 14.7 Å². The average molecular weight is 320 g/mol. The molecule has 3 unspecified atom stereocenters. The standard InChI is InChI=1S/C13H24N2O3S2/c1-4-11-15(10(8-20-11)12(16)17)13(18)14-9(3)6-7-19-5-2/h9-11H,4-8H2,1-3H3,(H,14,18)(H,16,17). The molecule has 3 atom stereocenters. The molecule has 1 rings (SSSR count). The minimum atomic E-state index is -0.919. The molecule has 116 valence electrons. The van der Waals surface area contributed by atoms with Crippen molar-refractivity contribution in [2.75, 3.05) is 17.3 Å². The normalized spacial score (nSPS) is 23.6. The second kappa shape index (κ2) is 8.67. The molecule has 1 aliphatic rings. The van der Waals surface area contributed by atoms with Crippen LogP contribution >= 0.6 is 23.5 Å². The molecular formula is C13H24N2O3S2. The van der Waals surface area contributed by atoms with Gasteiger partial charge in [-0.1, -0.05) is 13.8 Å². The van der Waals surface area contributed by atoms with Crippen LogP contribution in [0.25, 0.3) is 0 Å². The third-order valence-electron chi connectivity index (χ3n) is 3.23. The van der Waals surface area contributed by atoms with Crippen molar-refractivity contribution in [3.63, 3.8) is 0 Å². The second-order valence-corrected chi connectivity index (χ2v) is 7.40. The fraction of sp³-hybridized carbons (Fsp3) is 0.846. The van der Waals surface area contributed by atoms with Crippen LogP contribution in [0.3, 0.4) is 0 Å². The number of nitrogens with one attached hydrogen (secondary N) is 1. The Morgan fingerprint density at radius 1 is 1.50 bits per heavy atom. The maximum absolute atomic E-state index is 12.3. The number of hydrogen-bond acceptors (Lipinski definition) is 4. The number of carbonyl (C=O) groups is 2. The van der Waals surface area contributed by atoms with Crippen LogP contribution in [0.15, 0.2) is 0 Å². The SMILES string of the molecule is CCSCCC(C)NC(=O)N1C(CC)SCC1C(=O)O. The van der Waals surface area contributed by atoms with Crippen LogP contribution in [0.4, 0.5) is 4.79 Å². The predicted molar refractivity (Wildman–Crippen MR) is 85.4 cm³/mol. The van der Waals surface area contributed by atoms with E-state index < -0.39 is 12.0 Å². The van der Waals surface area contributed by atoms with Crippen molar-refractivity contribution in [2.24, 2.45) is 0 Å². The Morgan fingerprint density at radius 2 is 2.20 bits per heavy atom. The van der Waals surface area contributed by atoms with Gasteiger partial charge in [0.25, 0.3) is 0 Å². The van der Waals surface area contributed by atoms with Crippen LogP contribution in [-0.4, -0.2) is 56.7 Å². The van der Waals surface area contributed by atoms with Crippen molar-refractivity contribution >= 4 is 35.5 Å². The fourth-order valence-electron chi connectivity index (χ4n) is 2.10. The number of aliphatic carboxylic acids is 1. The summed E-state index contributed by atoms with van der Waals surface area (Å²) in [5.41, 5.74) is 0. The maximum Gasteiger partial charge on any atom is 0.327 e. The first kappa shape index (κ1) is 17.5. The number of amides is 2. The van der Waals surface area contributed by atoms with E-state index in [-0.39, 0.29) is 17.4 Å². The number of carboxylic acids is 1. The summed E-state index contributed by atoms with van der Waals surface area (Å²) in [7, 11) is 0. The number of hydrogen-bond donors (Lipinski definition) is 2. The summed E-state index contributed by atoms with van der Waals surface area (Å²) in [4.78, 5) is 25.0. The zero-order valence-electron chi connectivity index (χ0n) is 12.3. The molecule has 1 aliphatic heterocycles. The van der Waals surface area contributed by atoms with Gasteiger partial charge in [0.15, 0.2) is 0 Å². The van der Waals surface area contributed by atoms with Crippen LogP contribution in [0.1, 0.15) is 33.6 Å². The van der Waals surface area contributed by atoms with Crippen molar-refractivity contribution in [1.29, 1.82) is 0 Å². The highest BCUT2D eigenvalue weighted by atomic mass is 32.2. The summed E-state index contributed by atoms with van der Waals surface area (Å²) < 4.78 is 0. The molecule has 0 aliphatic carbocycles. The highest BCUT2D eigenvalue weighted by molar-refractivity contribution is 8.00. The zero-order chi connectivity index (χ0) is 15.1. The molecule has 5 nitrogen and oxygen atoms in total. The van der Waals surface area contributed by atoms with E-state index in [1.807, 2.05) is 25.6 Å². The summed E-state index contributed by atoms with van der Waals surface area (Å²) in [5.74, 6) is 1.63. The summed E-state index contributed by atoms with van der Waals surface area (Å²) in [6.07, 6.45) is 1.67. The van der Waals surface area contributed by atoms with Crippen molar-refractivity contribution in [3.8, 4) is 0 Å². The molecule has 0 aromatic carbocycles. The molecule has 0 spiro atoms. The van der Waals surface area contributed by atoms with Crippen LogP contribution < -0.4 is 5.32 Å². The lowest BCUT2D eigenvalue weighted by molar-refractivity contribution is -0.141. The number of carboxylic acid groups (broad SMARTS) is 1. The average Bonchev–Trinajstić information content (AvgIpc) is 2.82. The van der Waals surface area contributed by atoms with E-state index in [0.29, 0.717) is 5.75 Å². The molecule has 0 bridgehead atoms. The van der Waals surface area contributed by atoms with E-state index in [1.54, 1.807) is 11.8 Å². The van der Waals surface area contributed by atoms with Crippen molar-refractivity contribution in [1.82, 2.24) is 10.2 Å². The summed E-state index contributed by atoms with van der Waals surface area (Å²) >= 11 is 3.39. The topological polar surface area (TPSA) is 69.6 Å². The Hall–Kier alpha value is -0.560. The van der Waals surface area contributed by atoms with E-state index in [4.69, 9.17) is 0 Å². The Morgan fingerprint density at radius 3 is 2.75 bits per heavy atom. The highest BCUT2D eigenvalue weighted by Crippen LogP contribution is 2.31. The minimum absolute atomic E-state index is 0.0340. The van der Waals surface area contributed by atoms with Gasteiger partial charge in [-0.05, 0) is 31.3 Å². The van der Waals surface area contributed by atoms with Gasteiger partial charge in [-0.15, -0.1) is 11.8 Å². The first-order valence-electron chi connectivity index (χ1n) is 7.02. The number of carbonyl (C=O) groups excluding carboxylic acids is 1. The molecule has 20 heavy (non-hydrogen) atoms. The Labute approximate surface area is 129 Å². The van der Waals surface area contributed by atoms with Gasteiger partial charge in [-0.25, -0.2) is 9.59 Å². The van der Waals surface area contributed by atoms with Gasteiger partial charge in [0, 0.05) is 11.8 Å². The summed E-state index contributed by atoms with van der Waals surface area (Å²) in [6, 6.07) is -0.885. The molecule has 2 N–H and O–H groups in total. The van der Waals surface area contributed by atoms with Crippen LogP contribution in [0, 0.1) is 0 Å². The van der Waals surface area contributed by atoms with Crippen molar-refractivity contribution in [2.45, 2.75) is 51.1 Å². The molecule has 0 aromatic heterocycles. The molecule has 0 saturated carbocycles. The number of thioether (sulfide) groups is 2. The van der Waals surface area contributed by atoms with Crippen LogP contribution in [0.2, 0.25) is 0 Å². The number of nitrogens with zero attached hydrogens (tertiary/aromatic N) is 1. The fourth-order valence-corrected chi connectivity index (χ4v) is 4.26. The molecule has 7 heteroatoms. The van der Waals surface area contributed by atoms with Gasteiger partial charge in [0.1, 0.15) is 6.04 Å². The summed E-state index contributed by atoms with van der Waals surface area (Å²) in [6.45, 7) is 6.05. The molecule has 1 saturated heterocycles. The Bertz CT molecular complexity index is 342. The zero-order valence-corrected chi connectivity index (χ0v) is 13.9. The van der Waals surface area contributed by atoms with Crippen molar-refractivity contribution < 1.29 is 14.7 Å². The van der Waals surface area contributed by atoms with E-state index >= 15 is 0 Å². The van der Waals surface area contributed by atoms with E-state index in [0.717, 1.165) is 24.3 Å². The predicted octanol–water partition coefficient (Wildman–Crippen LogP) is 2.47. The largest absolute Gasteiger partial charge is 0.480 e. The maximum atomic E-state index is 12.3. The lowest BCUT2D eigenvalue weighted by Crippen LogP contribution is -2.52. The molecule has 1 fully saturated rings. The third kappa shape index (κ3) is 4.77. The lowest BCUT2D eigenvalue weighted by Gasteiger charge is -2.28. The van der Waals surface area contributed by atoms with Crippen molar-refractivity contribution in [3.05, 3.63) is 0 Å². The monoisotopic (exact) mass is 320 g/mol. The number of urea groups is 1. The third-order valence-corrected chi connectivity index (χ3v) is 5.62. The smallest absolute Gasteiger partial charge is 0.327 e. The quantitative estimate of drug-likeness (QED) is 0.705. The van der Waals surface area contributed by atoms with Gasteiger partial charge in [0.2, 0.25) is 0 Å². The Balaban J connectivity index is 2.56. The first-order valence-corrected chi connectivity index (χ1v) is 9.22. The van der Waals surface area contributed by atoms with Gasteiger partial charge < -0.3 is 10.4 Å². The van der Waals surface area contributed by atoms with Crippen LogP contribution in [-0.2, 0) is 4.79 Å². The summed E-state index contributed by atoms with van der Waals surface area (Å²) in [5, 5.41) is 12.1. The van der Waals surface area contributed by atoms with Crippen LogP contribution in [0.5, 0.6) is 0 Å². The molecule has 0 radical (unpaired) electrons. The highest BCUT2D eigenvalue weighted by Gasteiger charge is 2.40. The van der Waals surface area contributed by atoms with E-state index in [1.165, 1.54) is 4.90 Å². The van der Waals surface area contributed by atoms with Gasteiger partial charge in [-0.3, -0.25) is 4.90 Å².